The van der Waals surface area contributed by atoms with Gasteiger partial charge in [0.15, 0.2) is 0 Å². The molecule has 0 aliphatic carbocycles. The van der Waals surface area contributed by atoms with Crippen molar-refractivity contribution in [3.05, 3.63) is 29.8 Å². The first-order valence-corrected chi connectivity index (χ1v) is 9.45. The third-order valence-electron chi connectivity index (χ3n) is 4.86. The van der Waals surface area contributed by atoms with E-state index in [-0.39, 0.29) is 18.0 Å². The summed E-state index contributed by atoms with van der Waals surface area (Å²) in [6.07, 6.45) is 1.11. The van der Waals surface area contributed by atoms with Crippen LogP contribution in [0.4, 0.5) is 0 Å². The Bertz CT molecular complexity index is 618. The van der Waals surface area contributed by atoms with Crippen molar-refractivity contribution in [2.45, 2.75) is 70.0 Å². The first-order valence-electron chi connectivity index (χ1n) is 8.01. The van der Waals surface area contributed by atoms with Gasteiger partial charge in [-0.2, -0.15) is 4.31 Å². The summed E-state index contributed by atoms with van der Waals surface area (Å²) in [6, 6.07) is 6.46. The Labute approximate surface area is 134 Å². The van der Waals surface area contributed by atoms with Crippen molar-refractivity contribution in [3.8, 4) is 0 Å². The van der Waals surface area contributed by atoms with E-state index in [0.29, 0.717) is 17.7 Å². The van der Waals surface area contributed by atoms with E-state index in [1.165, 1.54) is 4.31 Å². The normalized spacial score (nSPS) is 25.5. The minimum atomic E-state index is -3.56. The number of sulfonamides is 1. The summed E-state index contributed by atoms with van der Waals surface area (Å²) in [7, 11) is -3.56. The number of hydrogen-bond acceptors (Lipinski definition) is 3. The van der Waals surface area contributed by atoms with Gasteiger partial charge in [0.25, 0.3) is 0 Å². The Kier molecular flexibility index (Phi) is 4.71. The second-order valence-electron chi connectivity index (χ2n) is 6.64. The zero-order chi connectivity index (χ0) is 16.7. The van der Waals surface area contributed by atoms with Gasteiger partial charge in [0, 0.05) is 6.04 Å². The van der Waals surface area contributed by atoms with Crippen LogP contribution in [-0.2, 0) is 10.0 Å². The topological polar surface area (TPSA) is 57.4 Å². The minimum absolute atomic E-state index is 0.129. The second-order valence-corrected chi connectivity index (χ2v) is 8.48. The fraction of sp³-hybridized carbons (Fsp3) is 0.647. The molecular weight excluding hydrogens is 298 g/mol. The zero-order valence-corrected chi connectivity index (χ0v) is 14.9. The molecule has 5 heteroatoms. The molecule has 3 atom stereocenters. The van der Waals surface area contributed by atoms with Crippen molar-refractivity contribution in [3.63, 3.8) is 0 Å². The van der Waals surface area contributed by atoms with Gasteiger partial charge < -0.3 is 5.11 Å². The van der Waals surface area contributed by atoms with Crippen molar-refractivity contribution in [1.82, 2.24) is 4.31 Å². The van der Waals surface area contributed by atoms with Crippen LogP contribution in [0.3, 0.4) is 0 Å². The Morgan fingerprint density at radius 3 is 2.09 bits per heavy atom. The quantitative estimate of drug-likeness (QED) is 0.818. The number of rotatable bonds is 6. The SMILES string of the molecule is CCC(O)(CC)[C@H]1[C@@H](C(C)C)N1S(=O)(=O)c1ccc(C)cc1. The number of nitrogens with zero attached hydrogens (tertiary/aromatic N) is 1. The molecule has 1 N–H and O–H groups in total. The fourth-order valence-corrected chi connectivity index (χ4v) is 5.22. The summed E-state index contributed by atoms with van der Waals surface area (Å²) >= 11 is 0. The van der Waals surface area contributed by atoms with Crippen molar-refractivity contribution >= 4 is 10.0 Å². The summed E-state index contributed by atoms with van der Waals surface area (Å²) in [4.78, 5) is 0.306. The molecule has 124 valence electrons. The average molecular weight is 325 g/mol. The molecule has 1 saturated heterocycles. The maximum atomic E-state index is 12.9. The van der Waals surface area contributed by atoms with E-state index in [2.05, 4.69) is 0 Å². The number of benzene rings is 1. The maximum Gasteiger partial charge on any atom is 0.243 e. The highest BCUT2D eigenvalue weighted by Crippen LogP contribution is 2.47. The predicted molar refractivity (Wildman–Crippen MR) is 88.1 cm³/mol. The molecule has 0 amide bonds. The van der Waals surface area contributed by atoms with Crippen LogP contribution < -0.4 is 0 Å². The van der Waals surface area contributed by atoms with Gasteiger partial charge in [-0.3, -0.25) is 0 Å². The van der Waals surface area contributed by atoms with Crippen LogP contribution in [-0.4, -0.2) is 35.5 Å². The average Bonchev–Trinajstić information content (AvgIpc) is 3.24. The van der Waals surface area contributed by atoms with Crippen molar-refractivity contribution in [2.75, 3.05) is 0 Å². The standard InChI is InChI=1S/C17H27NO3S/c1-6-17(19,7-2)16-15(12(3)4)18(16)22(20,21)14-10-8-13(5)9-11-14/h8-12,15-16,19H,6-7H2,1-5H3/t15-,16-,18?/m1/s1. The summed E-state index contributed by atoms with van der Waals surface area (Å²) in [5, 5.41) is 10.8. The highest BCUT2D eigenvalue weighted by Gasteiger charge is 2.64. The highest BCUT2D eigenvalue weighted by atomic mass is 32.2. The Balaban J connectivity index is 2.39. The lowest BCUT2D eigenvalue weighted by molar-refractivity contribution is 0.0225. The zero-order valence-electron chi connectivity index (χ0n) is 14.1. The Morgan fingerprint density at radius 2 is 1.68 bits per heavy atom. The smallest absolute Gasteiger partial charge is 0.243 e. The molecule has 1 fully saturated rings. The summed E-state index contributed by atoms with van der Waals surface area (Å²) in [5.41, 5.74) is 0.0764. The molecule has 1 heterocycles. The van der Waals surface area contributed by atoms with Gasteiger partial charge in [0.1, 0.15) is 0 Å². The van der Waals surface area contributed by atoms with Gasteiger partial charge in [-0.25, -0.2) is 8.42 Å². The summed E-state index contributed by atoms with van der Waals surface area (Å²) in [6.45, 7) is 9.77. The molecule has 4 nitrogen and oxygen atoms in total. The summed E-state index contributed by atoms with van der Waals surface area (Å²) in [5.74, 6) is 0.176. The van der Waals surface area contributed by atoms with E-state index in [4.69, 9.17) is 0 Å². The molecule has 2 rings (SSSR count). The van der Waals surface area contributed by atoms with Crippen LogP contribution in [0, 0.1) is 12.8 Å². The molecule has 1 aromatic carbocycles. The molecule has 0 radical (unpaired) electrons. The van der Waals surface area contributed by atoms with Crippen molar-refractivity contribution in [2.24, 2.45) is 5.92 Å². The van der Waals surface area contributed by atoms with Crippen LogP contribution in [0.5, 0.6) is 0 Å². The van der Waals surface area contributed by atoms with Crippen molar-refractivity contribution < 1.29 is 13.5 Å². The third-order valence-corrected chi connectivity index (χ3v) is 6.75. The molecule has 1 aliphatic rings. The lowest BCUT2D eigenvalue weighted by atomic mass is 9.89. The van der Waals surface area contributed by atoms with Crippen LogP contribution in [0.2, 0.25) is 0 Å². The number of aryl methyl sites for hydroxylation is 1. The molecule has 22 heavy (non-hydrogen) atoms. The van der Waals surface area contributed by atoms with E-state index in [0.717, 1.165) is 5.56 Å². The van der Waals surface area contributed by atoms with Crippen LogP contribution in [0.1, 0.15) is 46.1 Å². The van der Waals surface area contributed by atoms with E-state index >= 15 is 0 Å². The number of hydrogen-bond donors (Lipinski definition) is 1. The van der Waals surface area contributed by atoms with E-state index in [9.17, 15) is 13.5 Å². The van der Waals surface area contributed by atoms with Crippen LogP contribution in [0.25, 0.3) is 0 Å². The monoisotopic (exact) mass is 325 g/mol. The lowest BCUT2D eigenvalue weighted by Gasteiger charge is -2.25. The lowest BCUT2D eigenvalue weighted by Crippen LogP contribution is -2.37. The molecule has 1 aromatic rings. The minimum Gasteiger partial charge on any atom is -0.388 e. The number of aliphatic hydroxyl groups is 1. The van der Waals surface area contributed by atoms with E-state index < -0.39 is 15.6 Å². The van der Waals surface area contributed by atoms with Crippen LogP contribution >= 0.6 is 0 Å². The first-order chi connectivity index (χ1) is 10.2. The Hall–Kier alpha value is -0.910. The highest BCUT2D eigenvalue weighted by molar-refractivity contribution is 7.89. The predicted octanol–water partition coefficient (Wildman–Crippen LogP) is 2.94. The maximum absolute atomic E-state index is 12.9. The molecular formula is C17H27NO3S. The van der Waals surface area contributed by atoms with Gasteiger partial charge in [-0.15, -0.1) is 0 Å². The largest absolute Gasteiger partial charge is 0.388 e. The fourth-order valence-electron chi connectivity index (χ4n) is 3.25. The molecule has 1 aliphatic heterocycles. The molecule has 0 saturated carbocycles. The van der Waals surface area contributed by atoms with Gasteiger partial charge in [0.2, 0.25) is 10.0 Å². The first kappa shape index (κ1) is 17.4. The third kappa shape index (κ3) is 2.82. The molecule has 0 bridgehead atoms. The Morgan fingerprint density at radius 1 is 1.18 bits per heavy atom. The van der Waals surface area contributed by atoms with Gasteiger partial charge in [0.05, 0.1) is 16.5 Å². The molecule has 1 unspecified atom stereocenters. The van der Waals surface area contributed by atoms with E-state index in [1.807, 2.05) is 46.8 Å². The summed E-state index contributed by atoms with van der Waals surface area (Å²) < 4.78 is 27.4. The van der Waals surface area contributed by atoms with Gasteiger partial charge in [-0.05, 0) is 37.8 Å². The van der Waals surface area contributed by atoms with Gasteiger partial charge >= 0.3 is 0 Å². The van der Waals surface area contributed by atoms with Crippen LogP contribution in [0.15, 0.2) is 29.2 Å². The second kappa shape index (κ2) is 5.95. The van der Waals surface area contributed by atoms with Crippen molar-refractivity contribution in [1.29, 1.82) is 0 Å². The van der Waals surface area contributed by atoms with E-state index in [1.54, 1.807) is 12.1 Å². The molecule has 0 spiro atoms. The van der Waals surface area contributed by atoms with Gasteiger partial charge in [-0.1, -0.05) is 45.4 Å². The molecule has 0 aromatic heterocycles.